The van der Waals surface area contributed by atoms with E-state index >= 15 is 0 Å². The van der Waals surface area contributed by atoms with Crippen LogP contribution in [0.2, 0.25) is 0 Å². The van der Waals surface area contributed by atoms with Crippen LogP contribution >= 0.6 is 15.9 Å². The van der Waals surface area contributed by atoms with Gasteiger partial charge in [-0.05, 0) is 41.1 Å². The van der Waals surface area contributed by atoms with Gasteiger partial charge < -0.3 is 0 Å². The lowest BCUT2D eigenvalue weighted by Gasteiger charge is -2.08. The summed E-state index contributed by atoms with van der Waals surface area (Å²) < 4.78 is 41.6. The Morgan fingerprint density at radius 1 is 1.45 bits per heavy atom. The highest BCUT2D eigenvalue weighted by molar-refractivity contribution is 9.10. The first kappa shape index (κ1) is 15.1. The molecule has 20 heavy (non-hydrogen) atoms. The summed E-state index contributed by atoms with van der Waals surface area (Å²) >= 11 is 3.05. The van der Waals surface area contributed by atoms with E-state index in [4.69, 9.17) is 0 Å². The Balaban J connectivity index is 2.21. The average Bonchev–Trinajstić information content (AvgIpc) is 2.65. The first-order valence-corrected chi connectivity index (χ1v) is 8.01. The summed E-state index contributed by atoms with van der Waals surface area (Å²) in [5, 5.41) is 4.14. The molecule has 0 unspecified atom stereocenters. The van der Waals surface area contributed by atoms with Crippen LogP contribution in [0.15, 0.2) is 33.8 Å². The van der Waals surface area contributed by atoms with Crippen LogP contribution in [0.25, 0.3) is 0 Å². The number of benzene rings is 1. The Bertz CT molecular complexity index is 743. The lowest BCUT2D eigenvalue weighted by molar-refractivity contribution is 0.579. The minimum absolute atomic E-state index is 0.000411. The first-order valence-electron chi connectivity index (χ1n) is 5.73. The van der Waals surface area contributed by atoms with Gasteiger partial charge in [-0.15, -0.1) is 0 Å². The van der Waals surface area contributed by atoms with Crippen LogP contribution in [-0.2, 0) is 23.6 Å². The summed E-state index contributed by atoms with van der Waals surface area (Å²) in [6, 6.07) is 3.44. The number of halogens is 2. The number of hydrogen-bond donors (Lipinski definition) is 1. The molecule has 0 radical (unpaired) electrons. The quantitative estimate of drug-likeness (QED) is 0.906. The minimum atomic E-state index is -3.71. The predicted molar refractivity (Wildman–Crippen MR) is 76.1 cm³/mol. The molecule has 0 atom stereocenters. The largest absolute Gasteiger partial charge is 0.275 e. The molecule has 0 aliphatic rings. The van der Waals surface area contributed by atoms with Crippen LogP contribution in [0.5, 0.6) is 0 Å². The van der Waals surface area contributed by atoms with E-state index in [0.717, 1.165) is 23.4 Å². The third kappa shape index (κ3) is 3.25. The molecule has 0 aliphatic carbocycles. The second-order valence-electron chi connectivity index (χ2n) is 4.31. The van der Waals surface area contributed by atoms with Crippen molar-refractivity contribution in [3.05, 3.63) is 45.9 Å². The fraction of sp³-hybridized carbons (Fsp3) is 0.250. The third-order valence-electron chi connectivity index (χ3n) is 2.75. The van der Waals surface area contributed by atoms with E-state index in [0.29, 0.717) is 0 Å². The summed E-state index contributed by atoms with van der Waals surface area (Å²) in [6.45, 7) is 1.93. The highest BCUT2D eigenvalue weighted by Crippen LogP contribution is 2.22. The molecule has 0 saturated heterocycles. The number of aryl methyl sites for hydroxylation is 2. The fourth-order valence-electron chi connectivity index (χ4n) is 1.77. The maximum absolute atomic E-state index is 13.0. The molecular formula is C12H13BrFN3O2S. The topological polar surface area (TPSA) is 64.0 Å². The van der Waals surface area contributed by atoms with E-state index in [-0.39, 0.29) is 15.9 Å². The number of nitrogens with zero attached hydrogens (tertiary/aromatic N) is 2. The maximum Gasteiger partial charge on any atom is 0.241 e. The van der Waals surface area contributed by atoms with Crippen LogP contribution in [0.3, 0.4) is 0 Å². The van der Waals surface area contributed by atoms with Crippen molar-refractivity contribution < 1.29 is 12.8 Å². The van der Waals surface area contributed by atoms with Gasteiger partial charge in [-0.25, -0.2) is 17.5 Å². The van der Waals surface area contributed by atoms with Crippen LogP contribution in [0.1, 0.15) is 11.3 Å². The molecule has 1 aromatic carbocycles. The zero-order chi connectivity index (χ0) is 14.9. The van der Waals surface area contributed by atoms with E-state index < -0.39 is 15.8 Å². The van der Waals surface area contributed by atoms with E-state index in [1.165, 1.54) is 6.07 Å². The van der Waals surface area contributed by atoms with Crippen LogP contribution in [-0.4, -0.2) is 18.2 Å². The van der Waals surface area contributed by atoms with Gasteiger partial charge in [0, 0.05) is 29.8 Å². The Labute approximate surface area is 125 Å². The second-order valence-corrected chi connectivity index (χ2v) is 6.90. The Morgan fingerprint density at radius 3 is 2.70 bits per heavy atom. The van der Waals surface area contributed by atoms with Crippen molar-refractivity contribution in [2.75, 3.05) is 0 Å². The molecule has 108 valence electrons. The predicted octanol–water partition coefficient (Wildman–Crippen LogP) is 2.11. The van der Waals surface area contributed by atoms with Crippen molar-refractivity contribution in [2.24, 2.45) is 7.05 Å². The zero-order valence-corrected chi connectivity index (χ0v) is 13.3. The van der Waals surface area contributed by atoms with Crippen LogP contribution < -0.4 is 4.72 Å². The molecule has 1 heterocycles. The lowest BCUT2D eigenvalue weighted by atomic mass is 10.3. The molecule has 0 aliphatic heterocycles. The lowest BCUT2D eigenvalue weighted by Crippen LogP contribution is -2.23. The number of sulfonamides is 1. The van der Waals surface area contributed by atoms with Crippen molar-refractivity contribution in [3.8, 4) is 0 Å². The number of hydrogen-bond acceptors (Lipinski definition) is 3. The highest BCUT2D eigenvalue weighted by Gasteiger charge is 2.18. The van der Waals surface area contributed by atoms with Gasteiger partial charge in [-0.1, -0.05) is 0 Å². The summed E-state index contributed by atoms with van der Waals surface area (Å²) in [5.74, 6) is -0.501. The number of nitrogens with one attached hydrogen (secondary N) is 1. The molecule has 8 heteroatoms. The van der Waals surface area contributed by atoms with Gasteiger partial charge in [0.25, 0.3) is 0 Å². The first-order chi connectivity index (χ1) is 9.29. The Morgan fingerprint density at radius 2 is 2.15 bits per heavy atom. The molecule has 0 fully saturated rings. The third-order valence-corrected chi connectivity index (χ3v) is 5.13. The molecule has 1 aromatic heterocycles. The fourth-order valence-corrected chi connectivity index (χ4v) is 3.82. The van der Waals surface area contributed by atoms with Crippen LogP contribution in [0, 0.1) is 12.7 Å². The van der Waals surface area contributed by atoms with E-state index in [1.807, 2.05) is 0 Å². The summed E-state index contributed by atoms with van der Waals surface area (Å²) in [4.78, 5) is 0.000411. The maximum atomic E-state index is 13.0. The highest BCUT2D eigenvalue weighted by atomic mass is 79.9. The van der Waals surface area contributed by atoms with Gasteiger partial charge in [-0.3, -0.25) is 4.68 Å². The van der Waals surface area contributed by atoms with Gasteiger partial charge in [0.15, 0.2) is 0 Å². The van der Waals surface area contributed by atoms with E-state index in [9.17, 15) is 12.8 Å². The number of aromatic nitrogens is 2. The van der Waals surface area contributed by atoms with Gasteiger partial charge >= 0.3 is 0 Å². The molecular weight excluding hydrogens is 349 g/mol. The van der Waals surface area contributed by atoms with Crippen molar-refractivity contribution in [1.29, 1.82) is 0 Å². The van der Waals surface area contributed by atoms with Gasteiger partial charge in [0.1, 0.15) is 5.82 Å². The standard InChI is InChI=1S/C12H13BrFN3O2S/c1-8-9(7-17(2)16-8)6-15-20(18,19)12-4-3-10(14)5-11(12)13/h3-5,7,15H,6H2,1-2H3. The van der Waals surface area contributed by atoms with E-state index in [2.05, 4.69) is 25.8 Å². The Kier molecular flexibility index (Phi) is 4.26. The Hall–Kier alpha value is -1.25. The molecule has 1 N–H and O–H groups in total. The summed E-state index contributed by atoms with van der Waals surface area (Å²) in [7, 11) is -1.95. The van der Waals surface area contributed by atoms with Crippen molar-refractivity contribution in [1.82, 2.24) is 14.5 Å². The normalized spacial score (nSPS) is 11.8. The number of rotatable bonds is 4. The molecule has 0 amide bonds. The summed E-state index contributed by atoms with van der Waals surface area (Å²) in [6.07, 6.45) is 1.75. The van der Waals surface area contributed by atoms with Gasteiger partial charge in [0.2, 0.25) is 10.0 Å². The molecule has 5 nitrogen and oxygen atoms in total. The minimum Gasteiger partial charge on any atom is -0.275 e. The zero-order valence-electron chi connectivity index (χ0n) is 10.9. The molecule has 0 spiro atoms. The van der Waals surface area contributed by atoms with Gasteiger partial charge in [0.05, 0.1) is 10.6 Å². The molecule has 0 bridgehead atoms. The molecule has 0 saturated carbocycles. The molecule has 2 rings (SSSR count). The van der Waals surface area contributed by atoms with Crippen LogP contribution in [0.4, 0.5) is 4.39 Å². The molecule has 2 aromatic rings. The van der Waals surface area contributed by atoms with Crippen molar-refractivity contribution in [2.45, 2.75) is 18.4 Å². The average molecular weight is 362 g/mol. The van der Waals surface area contributed by atoms with E-state index in [1.54, 1.807) is 24.9 Å². The van der Waals surface area contributed by atoms with Gasteiger partial charge in [-0.2, -0.15) is 5.10 Å². The van der Waals surface area contributed by atoms with Crippen molar-refractivity contribution >= 4 is 26.0 Å². The SMILES string of the molecule is Cc1nn(C)cc1CNS(=O)(=O)c1ccc(F)cc1Br. The second kappa shape index (κ2) is 5.63. The van der Waals surface area contributed by atoms with Crippen molar-refractivity contribution in [3.63, 3.8) is 0 Å². The summed E-state index contributed by atoms with van der Waals surface area (Å²) in [5.41, 5.74) is 1.54. The monoisotopic (exact) mass is 361 g/mol. The smallest absolute Gasteiger partial charge is 0.241 e.